The number of ether oxygens (including phenoxy) is 2. The average Bonchev–Trinajstić information content (AvgIpc) is 2.54. The summed E-state index contributed by atoms with van der Waals surface area (Å²) in [5.41, 5.74) is -2.31. The molecule has 0 radical (unpaired) electrons. The smallest absolute Gasteiger partial charge is 0.444 e. The Labute approximate surface area is 191 Å². The van der Waals surface area contributed by atoms with Crippen molar-refractivity contribution in [2.45, 2.75) is 84.4 Å². The number of hydrogen-bond acceptors (Lipinski definition) is 6. The van der Waals surface area contributed by atoms with Crippen LogP contribution < -0.4 is 16.0 Å². The van der Waals surface area contributed by atoms with Crippen molar-refractivity contribution in [3.8, 4) is 0 Å². The van der Waals surface area contributed by atoms with Gasteiger partial charge in [0.05, 0.1) is 6.54 Å². The topological polar surface area (TPSA) is 126 Å². The number of nitrogens with zero attached hydrogens (tertiary/aromatic N) is 1. The molecule has 198 valence electrons. The Kier molecular flexibility index (Phi) is 10.0. The van der Waals surface area contributed by atoms with Crippen LogP contribution in [0.15, 0.2) is 0 Å². The monoisotopic (exact) mass is 510 g/mol. The molecule has 34 heavy (non-hydrogen) atoms. The van der Waals surface area contributed by atoms with Crippen molar-refractivity contribution < 1.29 is 55.0 Å². The predicted octanol–water partition coefficient (Wildman–Crippen LogP) is 2.78. The highest BCUT2D eigenvalue weighted by Crippen LogP contribution is 2.19. The van der Waals surface area contributed by atoms with Gasteiger partial charge in [-0.15, -0.1) is 0 Å². The molecule has 2 unspecified atom stereocenters. The van der Waals surface area contributed by atoms with E-state index in [4.69, 9.17) is 9.47 Å². The standard InChI is InChI=1S/C18H28F6N4O6/c1-9(26-11(29)17(19,20)21)28(14(32)34-16(5,6)7)10(27-12(30)18(22,23)24)8-25-13(31)33-15(2,3)4/h9-10H,8H2,1-7H3,(H,25,31)(H,26,29)(H,27,30). The van der Waals surface area contributed by atoms with E-state index in [1.54, 1.807) is 0 Å². The van der Waals surface area contributed by atoms with Crippen molar-refractivity contribution >= 4 is 24.0 Å². The second kappa shape index (κ2) is 11.0. The first kappa shape index (κ1) is 31.1. The minimum Gasteiger partial charge on any atom is -0.444 e. The molecule has 0 aromatic rings. The minimum atomic E-state index is -5.46. The third-order valence-corrected chi connectivity index (χ3v) is 3.35. The van der Waals surface area contributed by atoms with Crippen LogP contribution in [0, 0.1) is 0 Å². The maximum absolute atomic E-state index is 12.9. The van der Waals surface area contributed by atoms with Gasteiger partial charge in [-0.3, -0.25) is 14.5 Å². The zero-order valence-corrected chi connectivity index (χ0v) is 19.5. The van der Waals surface area contributed by atoms with E-state index in [0.717, 1.165) is 6.92 Å². The third kappa shape index (κ3) is 11.8. The Morgan fingerprint density at radius 3 is 1.56 bits per heavy atom. The SMILES string of the molecule is CC(NC(=O)C(F)(F)F)N(C(=O)OC(C)(C)C)C(CNC(=O)OC(C)(C)C)NC(=O)C(F)(F)F. The van der Waals surface area contributed by atoms with E-state index in [1.807, 2.05) is 5.32 Å². The highest BCUT2D eigenvalue weighted by Gasteiger charge is 2.45. The van der Waals surface area contributed by atoms with Crippen LogP contribution in [0.1, 0.15) is 48.5 Å². The van der Waals surface area contributed by atoms with Crippen LogP contribution in [0.2, 0.25) is 0 Å². The molecule has 2 atom stereocenters. The van der Waals surface area contributed by atoms with Gasteiger partial charge in [0.1, 0.15) is 23.5 Å². The van der Waals surface area contributed by atoms with Crippen molar-refractivity contribution in [3.05, 3.63) is 0 Å². The van der Waals surface area contributed by atoms with E-state index in [2.05, 4.69) is 0 Å². The number of amides is 4. The minimum absolute atomic E-state index is 0.204. The Hall–Kier alpha value is -2.94. The van der Waals surface area contributed by atoms with Crippen LogP contribution in [0.3, 0.4) is 0 Å². The lowest BCUT2D eigenvalue weighted by atomic mass is 10.2. The third-order valence-electron chi connectivity index (χ3n) is 3.35. The van der Waals surface area contributed by atoms with Crippen LogP contribution in [0.5, 0.6) is 0 Å². The normalized spacial score (nSPS) is 14.4. The molecule has 0 saturated heterocycles. The van der Waals surface area contributed by atoms with Gasteiger partial charge < -0.3 is 25.4 Å². The number of rotatable bonds is 6. The fraction of sp³-hybridized carbons (Fsp3) is 0.778. The van der Waals surface area contributed by atoms with Crippen molar-refractivity contribution in [3.63, 3.8) is 0 Å². The fourth-order valence-electron chi connectivity index (χ4n) is 2.16. The van der Waals surface area contributed by atoms with Gasteiger partial charge in [0.25, 0.3) is 0 Å². The van der Waals surface area contributed by atoms with Gasteiger partial charge >= 0.3 is 36.4 Å². The molecule has 10 nitrogen and oxygen atoms in total. The van der Waals surface area contributed by atoms with Crippen LogP contribution in [0.25, 0.3) is 0 Å². The Morgan fingerprint density at radius 2 is 1.18 bits per heavy atom. The zero-order chi connectivity index (χ0) is 27.3. The maximum Gasteiger partial charge on any atom is 0.471 e. The number of nitrogens with one attached hydrogen (secondary N) is 3. The molecule has 16 heteroatoms. The van der Waals surface area contributed by atoms with E-state index >= 15 is 0 Å². The van der Waals surface area contributed by atoms with Gasteiger partial charge in [-0.2, -0.15) is 26.3 Å². The van der Waals surface area contributed by atoms with E-state index in [-0.39, 0.29) is 4.90 Å². The van der Waals surface area contributed by atoms with Crippen molar-refractivity contribution in [2.75, 3.05) is 6.54 Å². The van der Waals surface area contributed by atoms with E-state index in [1.165, 1.54) is 52.2 Å². The van der Waals surface area contributed by atoms with Gasteiger partial charge in [-0.1, -0.05) is 0 Å². The van der Waals surface area contributed by atoms with Gasteiger partial charge in [-0.05, 0) is 48.5 Å². The molecule has 0 fully saturated rings. The second-order valence-corrected chi connectivity index (χ2v) is 8.90. The van der Waals surface area contributed by atoms with E-state index in [9.17, 15) is 45.5 Å². The number of hydrogen-bond donors (Lipinski definition) is 3. The van der Waals surface area contributed by atoms with Gasteiger partial charge in [0.15, 0.2) is 0 Å². The molecule has 3 N–H and O–H groups in total. The van der Waals surface area contributed by atoms with Gasteiger partial charge in [-0.25, -0.2) is 9.59 Å². The average molecular weight is 510 g/mol. The quantitative estimate of drug-likeness (QED) is 0.373. The lowest BCUT2D eigenvalue weighted by molar-refractivity contribution is -0.177. The van der Waals surface area contributed by atoms with E-state index < -0.39 is 66.4 Å². The van der Waals surface area contributed by atoms with Crippen LogP contribution in [-0.2, 0) is 19.1 Å². The number of halogens is 6. The lowest BCUT2D eigenvalue weighted by Crippen LogP contribution is -2.64. The first-order valence-corrected chi connectivity index (χ1v) is 9.67. The summed E-state index contributed by atoms with van der Waals surface area (Å²) in [6.07, 6.45) is -17.6. The summed E-state index contributed by atoms with van der Waals surface area (Å²) in [6.45, 7) is 8.33. The molecule has 0 aliphatic carbocycles. The summed E-state index contributed by atoms with van der Waals surface area (Å²) < 4.78 is 86.5. The molecule has 0 rings (SSSR count). The van der Waals surface area contributed by atoms with Crippen LogP contribution in [0.4, 0.5) is 35.9 Å². The maximum atomic E-state index is 12.9. The zero-order valence-electron chi connectivity index (χ0n) is 19.5. The Bertz CT molecular complexity index is 758. The molecule has 0 aliphatic rings. The van der Waals surface area contributed by atoms with Crippen molar-refractivity contribution in [2.24, 2.45) is 0 Å². The second-order valence-electron chi connectivity index (χ2n) is 8.90. The molecule has 0 aromatic carbocycles. The lowest BCUT2D eigenvalue weighted by Gasteiger charge is -2.38. The molecule has 0 bridgehead atoms. The van der Waals surface area contributed by atoms with Gasteiger partial charge in [0, 0.05) is 0 Å². The summed E-state index contributed by atoms with van der Waals surface area (Å²) in [5.74, 6) is -5.10. The largest absolute Gasteiger partial charge is 0.471 e. The van der Waals surface area contributed by atoms with Gasteiger partial charge in [0.2, 0.25) is 0 Å². The molecule has 0 aliphatic heterocycles. The molecule has 0 saturated carbocycles. The first-order valence-electron chi connectivity index (χ1n) is 9.67. The van der Waals surface area contributed by atoms with Crippen LogP contribution >= 0.6 is 0 Å². The molecular weight excluding hydrogens is 482 g/mol. The molecule has 0 aromatic heterocycles. The predicted molar refractivity (Wildman–Crippen MR) is 104 cm³/mol. The summed E-state index contributed by atoms with van der Waals surface area (Å²) in [4.78, 5) is 47.7. The Balaban J connectivity index is 6.16. The van der Waals surface area contributed by atoms with E-state index in [0.29, 0.717) is 0 Å². The Morgan fingerprint density at radius 1 is 0.765 bits per heavy atom. The summed E-state index contributed by atoms with van der Waals surface area (Å²) in [7, 11) is 0. The number of alkyl carbamates (subject to hydrolysis) is 1. The molecule has 4 amide bonds. The first-order chi connectivity index (χ1) is 14.9. The van der Waals surface area contributed by atoms with Crippen molar-refractivity contribution in [1.29, 1.82) is 0 Å². The van der Waals surface area contributed by atoms with Crippen molar-refractivity contribution in [1.82, 2.24) is 20.9 Å². The highest BCUT2D eigenvalue weighted by atomic mass is 19.4. The fourth-order valence-corrected chi connectivity index (χ4v) is 2.16. The molecule has 0 heterocycles. The van der Waals surface area contributed by atoms with Crippen LogP contribution in [-0.4, -0.2) is 71.3 Å². The number of carbonyl (C=O) groups excluding carboxylic acids is 4. The summed E-state index contributed by atoms with van der Waals surface area (Å²) in [5, 5.41) is 4.79. The molecular formula is C18H28F6N4O6. The summed E-state index contributed by atoms with van der Waals surface area (Å²) in [6, 6.07) is 0. The molecule has 0 spiro atoms. The highest BCUT2D eigenvalue weighted by molar-refractivity contribution is 5.83. The number of alkyl halides is 6. The number of carbonyl (C=O) groups is 4. The summed E-state index contributed by atoms with van der Waals surface area (Å²) >= 11 is 0.